The van der Waals surface area contributed by atoms with Crippen molar-refractivity contribution in [1.82, 2.24) is 20.3 Å². The van der Waals surface area contributed by atoms with E-state index < -0.39 is 0 Å². The molecule has 1 unspecified atom stereocenters. The Morgan fingerprint density at radius 2 is 1.81 bits per heavy atom. The van der Waals surface area contributed by atoms with Gasteiger partial charge in [-0.05, 0) is 43.0 Å². The van der Waals surface area contributed by atoms with Crippen molar-refractivity contribution in [2.24, 2.45) is 11.8 Å². The minimum absolute atomic E-state index is 0.0414. The van der Waals surface area contributed by atoms with Crippen LogP contribution in [-0.4, -0.2) is 20.9 Å². The van der Waals surface area contributed by atoms with Crippen LogP contribution >= 0.6 is 23.2 Å². The second-order valence-electron chi connectivity index (χ2n) is 7.95. The van der Waals surface area contributed by atoms with Gasteiger partial charge in [-0.2, -0.15) is 0 Å². The predicted octanol–water partition coefficient (Wildman–Crippen LogP) is 5.68. The maximum absolute atomic E-state index is 13.1. The fraction of sp³-hybridized carbons (Fsp3) is 0.333. The van der Waals surface area contributed by atoms with Crippen LogP contribution in [0.5, 0.6) is 0 Å². The van der Waals surface area contributed by atoms with Gasteiger partial charge in [0, 0.05) is 30.1 Å². The number of amides is 1. The lowest BCUT2D eigenvalue weighted by molar-refractivity contribution is -0.125. The van der Waals surface area contributed by atoms with E-state index in [9.17, 15) is 4.79 Å². The summed E-state index contributed by atoms with van der Waals surface area (Å²) in [5.74, 6) is 0.538. The second kappa shape index (κ2) is 10.7. The highest BCUT2D eigenvalue weighted by Crippen LogP contribution is 2.26. The van der Waals surface area contributed by atoms with Crippen molar-refractivity contribution >= 4 is 29.1 Å². The Hall–Kier alpha value is -2.50. The molecule has 0 spiro atoms. The number of hydrogen-bond acceptors (Lipinski definition) is 4. The van der Waals surface area contributed by atoms with E-state index in [1.807, 2.05) is 49.4 Å². The van der Waals surface area contributed by atoms with Crippen LogP contribution in [0.15, 0.2) is 48.7 Å². The van der Waals surface area contributed by atoms with Gasteiger partial charge in [-0.3, -0.25) is 9.78 Å². The zero-order chi connectivity index (χ0) is 22.4. The zero-order valence-electron chi connectivity index (χ0n) is 17.9. The Morgan fingerprint density at radius 3 is 2.48 bits per heavy atom. The first-order valence-electron chi connectivity index (χ1n) is 10.3. The van der Waals surface area contributed by atoms with E-state index in [-0.39, 0.29) is 11.8 Å². The summed E-state index contributed by atoms with van der Waals surface area (Å²) in [5.41, 5.74) is 2.89. The van der Waals surface area contributed by atoms with E-state index in [2.05, 4.69) is 34.1 Å². The minimum Gasteiger partial charge on any atom is -0.352 e. The summed E-state index contributed by atoms with van der Waals surface area (Å²) in [6.07, 6.45) is 2.84. The highest BCUT2D eigenvalue weighted by atomic mass is 35.5. The van der Waals surface area contributed by atoms with Gasteiger partial charge in [0.25, 0.3) is 0 Å². The van der Waals surface area contributed by atoms with Crippen molar-refractivity contribution in [2.75, 3.05) is 0 Å². The fourth-order valence-electron chi connectivity index (χ4n) is 3.42. The van der Waals surface area contributed by atoms with Crippen molar-refractivity contribution < 1.29 is 4.79 Å². The number of aromatic nitrogens is 3. The summed E-state index contributed by atoms with van der Waals surface area (Å²) in [6, 6.07) is 13.1. The van der Waals surface area contributed by atoms with Crippen LogP contribution in [0.2, 0.25) is 10.0 Å². The van der Waals surface area contributed by atoms with E-state index in [1.165, 1.54) is 0 Å². The topological polar surface area (TPSA) is 67.8 Å². The van der Waals surface area contributed by atoms with Gasteiger partial charge in [0.2, 0.25) is 5.91 Å². The van der Waals surface area contributed by atoms with Crippen LogP contribution in [0.25, 0.3) is 11.5 Å². The summed E-state index contributed by atoms with van der Waals surface area (Å²) >= 11 is 12.8. The summed E-state index contributed by atoms with van der Waals surface area (Å²) in [7, 11) is 0. The number of rotatable bonds is 8. The lowest BCUT2D eigenvalue weighted by atomic mass is 9.91. The van der Waals surface area contributed by atoms with Gasteiger partial charge in [0.15, 0.2) is 5.82 Å². The van der Waals surface area contributed by atoms with Crippen LogP contribution < -0.4 is 5.32 Å². The zero-order valence-corrected chi connectivity index (χ0v) is 19.4. The van der Waals surface area contributed by atoms with Gasteiger partial charge in [-0.1, -0.05) is 61.3 Å². The number of nitrogens with one attached hydrogen (secondary N) is 1. The molecule has 3 aromatic rings. The number of aryl methyl sites for hydroxylation is 1. The summed E-state index contributed by atoms with van der Waals surface area (Å²) in [6.45, 7) is 6.42. The first-order valence-corrected chi connectivity index (χ1v) is 11.1. The monoisotopic (exact) mass is 456 g/mol. The van der Waals surface area contributed by atoms with Gasteiger partial charge in [0.05, 0.1) is 16.4 Å². The Kier molecular flexibility index (Phi) is 7.99. The van der Waals surface area contributed by atoms with Crippen molar-refractivity contribution in [3.8, 4) is 11.5 Å². The molecule has 1 aromatic carbocycles. The maximum atomic E-state index is 13.1. The van der Waals surface area contributed by atoms with Crippen molar-refractivity contribution in [3.63, 3.8) is 0 Å². The van der Waals surface area contributed by atoms with Crippen LogP contribution in [0, 0.1) is 18.8 Å². The molecule has 0 bridgehead atoms. The average Bonchev–Trinajstić information content (AvgIpc) is 2.75. The van der Waals surface area contributed by atoms with Gasteiger partial charge in [-0.15, -0.1) is 0 Å². The van der Waals surface area contributed by atoms with E-state index in [0.717, 1.165) is 5.56 Å². The number of nitrogens with zero attached hydrogens (tertiary/aromatic N) is 3. The lowest BCUT2D eigenvalue weighted by Gasteiger charge is -2.20. The molecule has 5 nitrogen and oxygen atoms in total. The number of carbonyl (C=O) groups excluding carboxylic acids is 1. The minimum atomic E-state index is -0.272. The molecule has 2 aromatic heterocycles. The molecule has 3 rings (SSSR count). The molecule has 0 saturated heterocycles. The number of hydrogen-bond donors (Lipinski definition) is 1. The number of benzene rings is 1. The van der Waals surface area contributed by atoms with Crippen LogP contribution in [0.1, 0.15) is 37.2 Å². The van der Waals surface area contributed by atoms with E-state index in [4.69, 9.17) is 23.2 Å². The Bertz CT molecular complexity index is 1040. The Balaban J connectivity index is 1.82. The molecule has 0 aliphatic heterocycles. The largest absolute Gasteiger partial charge is 0.352 e. The third-order valence-electron chi connectivity index (χ3n) is 4.96. The summed E-state index contributed by atoms with van der Waals surface area (Å²) in [5, 5.41) is 4.15. The predicted molar refractivity (Wildman–Crippen MR) is 125 cm³/mol. The summed E-state index contributed by atoms with van der Waals surface area (Å²) < 4.78 is 0. The molecule has 2 heterocycles. The van der Waals surface area contributed by atoms with Crippen LogP contribution in [-0.2, 0) is 17.8 Å². The van der Waals surface area contributed by atoms with E-state index in [1.54, 1.807) is 6.20 Å². The second-order valence-corrected chi connectivity index (χ2v) is 8.73. The normalized spacial score (nSPS) is 12.1. The van der Waals surface area contributed by atoms with E-state index in [0.29, 0.717) is 58.3 Å². The van der Waals surface area contributed by atoms with E-state index >= 15 is 0 Å². The molecule has 1 amide bonds. The average molecular weight is 457 g/mol. The third-order valence-corrected chi connectivity index (χ3v) is 5.82. The molecule has 1 N–H and O–H groups in total. The third kappa shape index (κ3) is 6.25. The number of carbonyl (C=O) groups is 1. The standard InChI is InChI=1S/C24H26Cl2N4O/c1-15(2)12-18(24(31)28-14-17-8-4-5-9-19(17)25)13-21-22(26)16(3)29-23(30-21)20-10-6-7-11-27-20/h4-11,15,18H,12-14H2,1-3H3,(H,28,31). The molecule has 0 fully saturated rings. The highest BCUT2D eigenvalue weighted by Gasteiger charge is 2.24. The smallest absolute Gasteiger partial charge is 0.223 e. The maximum Gasteiger partial charge on any atom is 0.223 e. The molecule has 0 radical (unpaired) electrons. The first kappa shape index (κ1) is 23.2. The van der Waals surface area contributed by atoms with Gasteiger partial charge in [0.1, 0.15) is 5.69 Å². The molecule has 0 aliphatic carbocycles. The quantitative estimate of drug-likeness (QED) is 0.473. The SMILES string of the molecule is Cc1nc(-c2ccccn2)nc(CC(CC(C)C)C(=O)NCc2ccccc2Cl)c1Cl. The summed E-state index contributed by atoms with van der Waals surface area (Å²) in [4.78, 5) is 26.5. The molecular formula is C24H26Cl2N4O. The van der Waals surface area contributed by atoms with Gasteiger partial charge in [-0.25, -0.2) is 9.97 Å². The van der Waals surface area contributed by atoms with Gasteiger partial charge < -0.3 is 5.32 Å². The van der Waals surface area contributed by atoms with Gasteiger partial charge >= 0.3 is 0 Å². The van der Waals surface area contributed by atoms with Crippen LogP contribution in [0.4, 0.5) is 0 Å². The molecular weight excluding hydrogens is 431 g/mol. The molecule has 162 valence electrons. The van der Waals surface area contributed by atoms with Crippen molar-refractivity contribution in [3.05, 3.63) is 75.7 Å². The van der Waals surface area contributed by atoms with Crippen molar-refractivity contribution in [1.29, 1.82) is 0 Å². The number of pyridine rings is 1. The molecule has 31 heavy (non-hydrogen) atoms. The number of halogens is 2. The fourth-order valence-corrected chi connectivity index (χ4v) is 3.78. The molecule has 1 atom stereocenters. The lowest BCUT2D eigenvalue weighted by Crippen LogP contribution is -2.33. The molecule has 0 saturated carbocycles. The Labute approximate surface area is 193 Å². The molecule has 0 aliphatic rings. The van der Waals surface area contributed by atoms with Crippen LogP contribution in [0.3, 0.4) is 0 Å². The molecule has 7 heteroatoms. The highest BCUT2D eigenvalue weighted by molar-refractivity contribution is 6.32. The first-order chi connectivity index (χ1) is 14.8. The van der Waals surface area contributed by atoms with Crippen molar-refractivity contribution in [2.45, 2.75) is 40.2 Å². The Morgan fingerprint density at radius 1 is 1.06 bits per heavy atom.